The van der Waals surface area contributed by atoms with Gasteiger partial charge < -0.3 is 4.74 Å². The lowest BCUT2D eigenvalue weighted by molar-refractivity contribution is 0.220. The van der Waals surface area contributed by atoms with Gasteiger partial charge in [0.25, 0.3) is 0 Å². The zero-order valence-corrected chi connectivity index (χ0v) is 13.4. The Kier molecular flexibility index (Phi) is 11.2. The largest absolute Gasteiger partial charge is 0.494 e. The zero-order chi connectivity index (χ0) is 15.2. The van der Waals surface area contributed by atoms with Crippen molar-refractivity contribution in [3.63, 3.8) is 0 Å². The average Bonchev–Trinajstić information content (AvgIpc) is 2.53. The predicted molar refractivity (Wildman–Crippen MR) is 89.8 cm³/mol. The molecule has 1 rings (SSSR count). The zero-order valence-electron chi connectivity index (χ0n) is 13.4. The molecule has 1 aromatic rings. The van der Waals surface area contributed by atoms with E-state index < -0.39 is 0 Å². The lowest BCUT2D eigenvalue weighted by atomic mass is 10.1. The summed E-state index contributed by atoms with van der Waals surface area (Å²) < 4.78 is 5.72. The second-order valence-corrected chi connectivity index (χ2v) is 4.22. The summed E-state index contributed by atoms with van der Waals surface area (Å²) >= 11 is 0. The van der Waals surface area contributed by atoms with Gasteiger partial charge in [0.1, 0.15) is 5.76 Å². The summed E-state index contributed by atoms with van der Waals surface area (Å²) in [5.41, 5.74) is 2.48. The number of hydrogen-bond donors (Lipinski definition) is 0. The Labute approximate surface area is 124 Å². The van der Waals surface area contributed by atoms with Crippen LogP contribution < -0.4 is 0 Å². The molecule has 0 heterocycles. The van der Waals surface area contributed by atoms with Crippen LogP contribution >= 0.6 is 0 Å². The molecule has 0 bridgehead atoms. The second-order valence-electron chi connectivity index (χ2n) is 4.22. The van der Waals surface area contributed by atoms with Gasteiger partial charge in [-0.15, -0.1) is 0 Å². The van der Waals surface area contributed by atoms with Gasteiger partial charge in [-0.05, 0) is 50.0 Å². The maximum atomic E-state index is 5.72. The third-order valence-corrected chi connectivity index (χ3v) is 2.70. The number of benzene rings is 1. The topological polar surface area (TPSA) is 9.23 Å². The fourth-order valence-corrected chi connectivity index (χ4v) is 1.60. The van der Waals surface area contributed by atoms with Crippen molar-refractivity contribution in [1.82, 2.24) is 0 Å². The summed E-state index contributed by atoms with van der Waals surface area (Å²) in [6.07, 6.45) is 7.91. The van der Waals surface area contributed by atoms with E-state index in [0.717, 1.165) is 30.8 Å². The summed E-state index contributed by atoms with van der Waals surface area (Å²) in [7, 11) is 0. The SMILES string of the molecule is C=C/C(C)=C\C(=C/C)OCCCc1ccccc1.CC. The van der Waals surface area contributed by atoms with Gasteiger partial charge in [0, 0.05) is 0 Å². The molecule has 0 saturated carbocycles. The van der Waals surface area contributed by atoms with Crippen molar-refractivity contribution in [2.45, 2.75) is 40.5 Å². The van der Waals surface area contributed by atoms with Crippen LogP contribution in [0.2, 0.25) is 0 Å². The van der Waals surface area contributed by atoms with Crippen LogP contribution in [-0.2, 0) is 11.2 Å². The van der Waals surface area contributed by atoms with Gasteiger partial charge in [-0.3, -0.25) is 0 Å². The highest BCUT2D eigenvalue weighted by Crippen LogP contribution is 2.07. The lowest BCUT2D eigenvalue weighted by Gasteiger charge is -2.07. The van der Waals surface area contributed by atoms with Crippen LogP contribution in [-0.4, -0.2) is 6.61 Å². The van der Waals surface area contributed by atoms with Crippen LogP contribution in [0.5, 0.6) is 0 Å². The van der Waals surface area contributed by atoms with Crippen LogP contribution in [0, 0.1) is 0 Å². The number of aryl methyl sites for hydroxylation is 1. The molecule has 0 atom stereocenters. The van der Waals surface area contributed by atoms with E-state index in [2.05, 4.69) is 30.8 Å². The third-order valence-electron chi connectivity index (χ3n) is 2.70. The standard InChI is InChI=1S/C17H22O.C2H6/c1-4-15(3)14-17(5-2)18-13-9-12-16-10-7-6-8-11-16;1-2/h4-8,10-11,14H,1,9,12-13H2,2-3H3;1-2H3/b15-14-,17-5+;. The Bertz CT molecular complexity index is 413. The summed E-state index contributed by atoms with van der Waals surface area (Å²) in [5.74, 6) is 0.917. The molecular weight excluding hydrogens is 244 g/mol. The van der Waals surface area contributed by atoms with Gasteiger partial charge in [-0.2, -0.15) is 0 Å². The van der Waals surface area contributed by atoms with Crippen molar-refractivity contribution >= 4 is 0 Å². The maximum absolute atomic E-state index is 5.72. The molecule has 0 spiro atoms. The fourth-order valence-electron chi connectivity index (χ4n) is 1.60. The molecule has 0 saturated heterocycles. The van der Waals surface area contributed by atoms with Gasteiger partial charge in [0.05, 0.1) is 6.61 Å². The molecule has 0 radical (unpaired) electrons. The second kappa shape index (κ2) is 12.3. The van der Waals surface area contributed by atoms with E-state index in [1.807, 2.05) is 52.0 Å². The van der Waals surface area contributed by atoms with Crippen molar-refractivity contribution in [3.8, 4) is 0 Å². The first-order valence-electron chi connectivity index (χ1n) is 7.40. The molecular formula is C19H28O. The monoisotopic (exact) mass is 272 g/mol. The lowest BCUT2D eigenvalue weighted by Crippen LogP contribution is -1.96. The summed E-state index contributed by atoms with van der Waals surface area (Å²) in [4.78, 5) is 0. The minimum Gasteiger partial charge on any atom is -0.494 e. The molecule has 0 unspecified atom stereocenters. The number of rotatable bonds is 7. The molecule has 20 heavy (non-hydrogen) atoms. The molecule has 0 aliphatic carbocycles. The Morgan fingerprint density at radius 2 is 1.85 bits per heavy atom. The van der Waals surface area contributed by atoms with Crippen LogP contribution in [0.3, 0.4) is 0 Å². The van der Waals surface area contributed by atoms with Crippen molar-refractivity contribution in [3.05, 3.63) is 72.0 Å². The van der Waals surface area contributed by atoms with Crippen LogP contribution in [0.15, 0.2) is 66.5 Å². The quantitative estimate of drug-likeness (QED) is 0.351. The minimum atomic E-state index is 0.746. The minimum absolute atomic E-state index is 0.746. The average molecular weight is 272 g/mol. The Balaban J connectivity index is 0.00000172. The highest BCUT2D eigenvalue weighted by Gasteiger charge is 1.95. The van der Waals surface area contributed by atoms with Crippen molar-refractivity contribution < 1.29 is 4.74 Å². The van der Waals surface area contributed by atoms with Crippen LogP contribution in [0.25, 0.3) is 0 Å². The van der Waals surface area contributed by atoms with E-state index in [0.29, 0.717) is 0 Å². The number of hydrogen-bond acceptors (Lipinski definition) is 1. The van der Waals surface area contributed by atoms with Crippen molar-refractivity contribution in [1.29, 1.82) is 0 Å². The van der Waals surface area contributed by atoms with Gasteiger partial charge in [0.2, 0.25) is 0 Å². The first-order valence-corrected chi connectivity index (χ1v) is 7.40. The van der Waals surface area contributed by atoms with E-state index >= 15 is 0 Å². The van der Waals surface area contributed by atoms with E-state index in [9.17, 15) is 0 Å². The number of ether oxygens (including phenoxy) is 1. The number of allylic oxidation sites excluding steroid dienone is 4. The molecule has 1 aromatic carbocycles. The maximum Gasteiger partial charge on any atom is 0.115 e. The van der Waals surface area contributed by atoms with Crippen molar-refractivity contribution in [2.24, 2.45) is 0 Å². The van der Waals surface area contributed by atoms with Crippen LogP contribution in [0.1, 0.15) is 39.7 Å². The van der Waals surface area contributed by atoms with E-state index in [-0.39, 0.29) is 0 Å². The smallest absolute Gasteiger partial charge is 0.115 e. The molecule has 0 aliphatic rings. The Morgan fingerprint density at radius 1 is 1.20 bits per heavy atom. The molecule has 0 N–H and O–H groups in total. The third kappa shape index (κ3) is 8.36. The van der Waals surface area contributed by atoms with E-state index in [4.69, 9.17) is 4.74 Å². The molecule has 0 aliphatic heterocycles. The highest BCUT2D eigenvalue weighted by molar-refractivity contribution is 5.23. The first kappa shape index (κ1) is 18.2. The van der Waals surface area contributed by atoms with E-state index in [1.165, 1.54) is 5.56 Å². The Hall–Kier alpha value is -1.76. The van der Waals surface area contributed by atoms with Crippen LogP contribution in [0.4, 0.5) is 0 Å². The van der Waals surface area contributed by atoms with Gasteiger partial charge >= 0.3 is 0 Å². The Morgan fingerprint density at radius 3 is 2.40 bits per heavy atom. The van der Waals surface area contributed by atoms with Gasteiger partial charge in [-0.1, -0.05) is 56.8 Å². The fraction of sp³-hybridized carbons (Fsp3) is 0.368. The molecule has 0 aromatic heterocycles. The predicted octanol–water partition coefficient (Wildman–Crippen LogP) is 5.70. The molecule has 0 fully saturated rings. The highest BCUT2D eigenvalue weighted by atomic mass is 16.5. The molecule has 1 heteroatoms. The van der Waals surface area contributed by atoms with Crippen molar-refractivity contribution in [2.75, 3.05) is 6.61 Å². The first-order chi connectivity index (χ1) is 9.76. The summed E-state index contributed by atoms with van der Waals surface area (Å²) in [5, 5.41) is 0. The summed E-state index contributed by atoms with van der Waals surface area (Å²) in [6, 6.07) is 10.5. The van der Waals surface area contributed by atoms with E-state index in [1.54, 1.807) is 0 Å². The normalized spacial score (nSPS) is 11.4. The van der Waals surface area contributed by atoms with Gasteiger partial charge in [-0.25, -0.2) is 0 Å². The summed E-state index contributed by atoms with van der Waals surface area (Å²) in [6.45, 7) is 12.5. The molecule has 0 amide bonds. The van der Waals surface area contributed by atoms with Gasteiger partial charge in [0.15, 0.2) is 0 Å². The molecule has 1 nitrogen and oxygen atoms in total. The molecule has 110 valence electrons.